The van der Waals surface area contributed by atoms with E-state index in [1.165, 1.54) is 0 Å². The molecule has 0 spiro atoms. The third-order valence-corrected chi connectivity index (χ3v) is 3.20. The van der Waals surface area contributed by atoms with Gasteiger partial charge in [0.05, 0.1) is 0 Å². The number of anilines is 1. The van der Waals surface area contributed by atoms with Crippen LogP contribution in [0.3, 0.4) is 0 Å². The Labute approximate surface area is 104 Å². The summed E-state index contributed by atoms with van der Waals surface area (Å²) in [6.45, 7) is 4.72. The highest BCUT2D eigenvalue weighted by Crippen LogP contribution is 2.25. The minimum atomic E-state index is -1.62. The Hall–Kier alpha value is -1.63. The summed E-state index contributed by atoms with van der Waals surface area (Å²) in [5.41, 5.74) is -1.62. The first-order chi connectivity index (χ1) is 8.42. The molecular weight excluding hydrogens is 238 g/mol. The van der Waals surface area contributed by atoms with E-state index in [9.17, 15) is 9.90 Å². The minimum Gasteiger partial charge on any atom is -0.479 e. The lowest BCUT2D eigenvalue weighted by atomic mass is 9.92. The molecule has 100 valence electrons. The molecule has 1 aliphatic heterocycles. The van der Waals surface area contributed by atoms with E-state index in [-0.39, 0.29) is 18.8 Å². The molecule has 1 aromatic rings. The van der Waals surface area contributed by atoms with Crippen molar-refractivity contribution in [1.82, 2.24) is 10.1 Å². The Kier molecular flexibility index (Phi) is 3.25. The van der Waals surface area contributed by atoms with Gasteiger partial charge >= 0.3 is 5.97 Å². The minimum absolute atomic E-state index is 0.159. The van der Waals surface area contributed by atoms with Crippen LogP contribution in [0.15, 0.2) is 4.52 Å². The predicted molar refractivity (Wildman–Crippen MR) is 62.4 cm³/mol. The van der Waals surface area contributed by atoms with Crippen molar-refractivity contribution in [2.75, 3.05) is 18.0 Å². The van der Waals surface area contributed by atoms with E-state index in [4.69, 9.17) is 9.63 Å². The van der Waals surface area contributed by atoms with Crippen LogP contribution in [0.5, 0.6) is 0 Å². The van der Waals surface area contributed by atoms with E-state index < -0.39 is 11.6 Å². The lowest BCUT2D eigenvalue weighted by Gasteiger charge is -2.34. The normalized spacial score (nSPS) is 19.2. The van der Waals surface area contributed by atoms with Gasteiger partial charge in [-0.2, -0.15) is 4.98 Å². The van der Waals surface area contributed by atoms with Crippen LogP contribution >= 0.6 is 0 Å². The fourth-order valence-corrected chi connectivity index (χ4v) is 1.88. The highest BCUT2D eigenvalue weighted by molar-refractivity contribution is 5.77. The summed E-state index contributed by atoms with van der Waals surface area (Å²) < 4.78 is 5.10. The number of carboxylic acids is 1. The smallest absolute Gasteiger partial charge is 0.335 e. The van der Waals surface area contributed by atoms with Gasteiger partial charge in [-0.25, -0.2) is 4.79 Å². The zero-order chi connectivity index (χ0) is 13.3. The molecule has 1 fully saturated rings. The molecule has 7 heteroatoms. The Morgan fingerprint density at radius 3 is 2.50 bits per heavy atom. The average molecular weight is 255 g/mol. The van der Waals surface area contributed by atoms with Crippen LogP contribution in [0.2, 0.25) is 0 Å². The first-order valence-corrected chi connectivity index (χ1v) is 5.97. The summed E-state index contributed by atoms with van der Waals surface area (Å²) in [5, 5.41) is 22.6. The van der Waals surface area contributed by atoms with Gasteiger partial charge in [-0.3, -0.25) is 0 Å². The Morgan fingerprint density at radius 2 is 2.06 bits per heavy atom. The van der Waals surface area contributed by atoms with Crippen molar-refractivity contribution in [3.05, 3.63) is 5.89 Å². The molecule has 0 unspecified atom stereocenters. The van der Waals surface area contributed by atoms with Crippen molar-refractivity contribution in [3.8, 4) is 0 Å². The molecule has 2 rings (SSSR count). The Morgan fingerprint density at radius 1 is 1.44 bits per heavy atom. The van der Waals surface area contributed by atoms with Crippen molar-refractivity contribution in [2.45, 2.75) is 38.2 Å². The van der Waals surface area contributed by atoms with E-state index in [1.807, 2.05) is 18.7 Å². The van der Waals surface area contributed by atoms with Crippen LogP contribution in [-0.4, -0.2) is 45.0 Å². The molecule has 1 aromatic heterocycles. The summed E-state index contributed by atoms with van der Waals surface area (Å²) in [7, 11) is 0. The Bertz CT molecular complexity index is 435. The molecule has 1 saturated heterocycles. The number of piperidine rings is 1. The maximum atomic E-state index is 10.9. The quantitative estimate of drug-likeness (QED) is 0.816. The van der Waals surface area contributed by atoms with Crippen LogP contribution in [0.1, 0.15) is 38.5 Å². The first kappa shape index (κ1) is 12.8. The van der Waals surface area contributed by atoms with Gasteiger partial charge in [-0.05, 0) is 5.16 Å². The molecule has 0 aliphatic carbocycles. The lowest BCUT2D eigenvalue weighted by molar-refractivity contribution is -0.160. The van der Waals surface area contributed by atoms with Gasteiger partial charge in [0.2, 0.25) is 5.89 Å². The number of nitrogens with zero attached hydrogens (tertiary/aromatic N) is 3. The molecule has 0 saturated carbocycles. The van der Waals surface area contributed by atoms with Gasteiger partial charge in [0.1, 0.15) is 0 Å². The SMILES string of the molecule is CC(C)c1nc(N2CCC(O)(C(=O)O)CC2)no1. The highest BCUT2D eigenvalue weighted by atomic mass is 16.5. The van der Waals surface area contributed by atoms with Crippen LogP contribution in [0.4, 0.5) is 5.95 Å². The van der Waals surface area contributed by atoms with Gasteiger partial charge in [0, 0.05) is 31.8 Å². The molecule has 1 aliphatic rings. The van der Waals surface area contributed by atoms with Crippen molar-refractivity contribution in [1.29, 1.82) is 0 Å². The second-order valence-electron chi connectivity index (χ2n) is 4.91. The maximum absolute atomic E-state index is 10.9. The van der Waals surface area contributed by atoms with Crippen LogP contribution < -0.4 is 4.90 Å². The molecular formula is C11H17N3O4. The fourth-order valence-electron chi connectivity index (χ4n) is 1.88. The molecule has 2 heterocycles. The second-order valence-corrected chi connectivity index (χ2v) is 4.91. The maximum Gasteiger partial charge on any atom is 0.335 e. The van der Waals surface area contributed by atoms with Gasteiger partial charge in [0.15, 0.2) is 5.60 Å². The zero-order valence-electron chi connectivity index (χ0n) is 10.5. The van der Waals surface area contributed by atoms with Crippen LogP contribution in [0.25, 0.3) is 0 Å². The number of aromatic nitrogens is 2. The van der Waals surface area contributed by atoms with Crippen molar-refractivity contribution in [3.63, 3.8) is 0 Å². The number of carboxylic acid groups (broad SMARTS) is 1. The summed E-state index contributed by atoms with van der Waals surface area (Å²) >= 11 is 0. The molecule has 0 amide bonds. The number of rotatable bonds is 3. The van der Waals surface area contributed by atoms with E-state index in [1.54, 1.807) is 0 Å². The lowest BCUT2D eigenvalue weighted by Crippen LogP contribution is -2.49. The molecule has 18 heavy (non-hydrogen) atoms. The molecule has 0 aromatic carbocycles. The molecule has 7 nitrogen and oxygen atoms in total. The van der Waals surface area contributed by atoms with Gasteiger partial charge in [-0.1, -0.05) is 13.8 Å². The molecule has 0 atom stereocenters. The van der Waals surface area contributed by atoms with E-state index in [2.05, 4.69) is 10.1 Å². The van der Waals surface area contributed by atoms with Gasteiger partial charge in [0.25, 0.3) is 5.95 Å². The van der Waals surface area contributed by atoms with Crippen LogP contribution in [0, 0.1) is 0 Å². The number of hydrogen-bond acceptors (Lipinski definition) is 6. The molecule has 2 N–H and O–H groups in total. The predicted octanol–water partition coefficient (Wildman–Crippen LogP) is 0.609. The summed E-state index contributed by atoms with van der Waals surface area (Å²) in [6, 6.07) is 0. The monoisotopic (exact) mass is 255 g/mol. The van der Waals surface area contributed by atoms with Gasteiger partial charge < -0.3 is 19.6 Å². The van der Waals surface area contributed by atoms with Crippen molar-refractivity contribution >= 4 is 11.9 Å². The Balaban J connectivity index is 2.03. The third-order valence-electron chi connectivity index (χ3n) is 3.20. The van der Waals surface area contributed by atoms with Crippen molar-refractivity contribution in [2.24, 2.45) is 0 Å². The largest absolute Gasteiger partial charge is 0.479 e. The van der Waals surface area contributed by atoms with Crippen LogP contribution in [-0.2, 0) is 4.79 Å². The number of aliphatic hydroxyl groups is 1. The van der Waals surface area contributed by atoms with E-state index >= 15 is 0 Å². The van der Waals surface area contributed by atoms with E-state index in [0.29, 0.717) is 24.9 Å². The second kappa shape index (κ2) is 4.56. The fraction of sp³-hybridized carbons (Fsp3) is 0.727. The molecule has 0 bridgehead atoms. The summed E-state index contributed by atoms with van der Waals surface area (Å²) in [4.78, 5) is 17.0. The number of carbonyl (C=O) groups is 1. The summed E-state index contributed by atoms with van der Waals surface area (Å²) in [5.74, 6) is 0.0142. The number of aliphatic carboxylic acids is 1. The average Bonchev–Trinajstić information content (AvgIpc) is 2.79. The highest BCUT2D eigenvalue weighted by Gasteiger charge is 2.40. The topological polar surface area (TPSA) is 99.7 Å². The zero-order valence-corrected chi connectivity index (χ0v) is 10.5. The number of hydrogen-bond donors (Lipinski definition) is 2. The van der Waals surface area contributed by atoms with Gasteiger partial charge in [-0.15, -0.1) is 0 Å². The standard InChI is InChI=1S/C11H17N3O4/c1-7(2)8-12-10(13-18-8)14-5-3-11(17,4-6-14)9(15)16/h7,17H,3-6H2,1-2H3,(H,15,16). The van der Waals surface area contributed by atoms with E-state index in [0.717, 1.165) is 0 Å². The van der Waals surface area contributed by atoms with Crippen molar-refractivity contribution < 1.29 is 19.5 Å². The summed E-state index contributed by atoms with van der Waals surface area (Å²) in [6.07, 6.45) is 0.321. The molecule has 0 radical (unpaired) electrons. The third kappa shape index (κ3) is 2.31. The first-order valence-electron chi connectivity index (χ1n) is 5.97.